The second kappa shape index (κ2) is 9.94. The van der Waals surface area contributed by atoms with Crippen molar-refractivity contribution in [3.05, 3.63) is 35.9 Å². The van der Waals surface area contributed by atoms with Gasteiger partial charge in [-0.3, -0.25) is 4.79 Å². The van der Waals surface area contributed by atoms with Gasteiger partial charge in [0.15, 0.2) is 0 Å². The molecule has 1 aromatic carbocycles. The third kappa shape index (κ3) is 5.73. The van der Waals surface area contributed by atoms with Crippen molar-refractivity contribution < 1.29 is 19.1 Å². The number of alkyl carbamates (subject to hydrolysis) is 1. The number of carbonyl (C=O) groups is 2. The zero-order chi connectivity index (χ0) is 19.9. The van der Waals surface area contributed by atoms with Gasteiger partial charge in [-0.15, -0.1) is 0 Å². The van der Waals surface area contributed by atoms with Gasteiger partial charge in [-0.1, -0.05) is 76.3 Å². The van der Waals surface area contributed by atoms with Crippen LogP contribution in [0.2, 0.25) is 0 Å². The van der Waals surface area contributed by atoms with Crippen LogP contribution >= 0.6 is 0 Å². The van der Waals surface area contributed by atoms with Crippen LogP contribution in [0.4, 0.5) is 4.79 Å². The van der Waals surface area contributed by atoms with Gasteiger partial charge in [0, 0.05) is 0 Å². The highest BCUT2D eigenvalue weighted by molar-refractivity contribution is 5.75. The van der Waals surface area contributed by atoms with E-state index in [1.165, 1.54) is 32.1 Å². The molecule has 0 spiro atoms. The molecule has 154 valence electrons. The Morgan fingerprint density at radius 2 is 1.89 bits per heavy atom. The summed E-state index contributed by atoms with van der Waals surface area (Å²) in [7, 11) is 0. The SMILES string of the molecule is CC(C)[C@@H]1C[C@@H]([C@H](CC2CCCCC2)NC(=O)OCc2ccccc2)OC1=O. The lowest BCUT2D eigenvalue weighted by Crippen LogP contribution is -2.45. The van der Waals surface area contributed by atoms with Crippen molar-refractivity contribution in [2.24, 2.45) is 17.8 Å². The number of esters is 1. The van der Waals surface area contributed by atoms with Crippen molar-refractivity contribution >= 4 is 12.1 Å². The molecule has 1 saturated heterocycles. The number of hydrogen-bond acceptors (Lipinski definition) is 4. The molecular weight excluding hydrogens is 354 g/mol. The maximum Gasteiger partial charge on any atom is 0.407 e. The standard InChI is InChI=1S/C23H33NO4/c1-16(2)19-14-21(28-22(19)25)20(13-17-9-5-3-6-10-17)24-23(26)27-15-18-11-7-4-8-12-18/h4,7-8,11-12,16-17,19-21H,3,5-6,9-10,13-15H2,1-2H3,(H,24,26)/t19-,20-,21-/m0/s1. The predicted octanol–water partition coefficient (Wildman–Crippen LogP) is 4.84. The maximum atomic E-state index is 12.4. The predicted molar refractivity (Wildman–Crippen MR) is 108 cm³/mol. The van der Waals surface area contributed by atoms with E-state index >= 15 is 0 Å². The first kappa shape index (κ1) is 20.7. The molecule has 0 bridgehead atoms. The molecule has 5 heteroatoms. The number of nitrogens with one attached hydrogen (secondary N) is 1. The van der Waals surface area contributed by atoms with Crippen molar-refractivity contribution in [1.29, 1.82) is 0 Å². The average molecular weight is 388 g/mol. The minimum absolute atomic E-state index is 0.0824. The number of rotatable bonds is 7. The van der Waals surface area contributed by atoms with Crippen LogP contribution in [0.3, 0.4) is 0 Å². The normalized spacial score (nSPS) is 24.0. The summed E-state index contributed by atoms with van der Waals surface area (Å²) >= 11 is 0. The Bertz CT molecular complexity index is 639. The summed E-state index contributed by atoms with van der Waals surface area (Å²) in [6.07, 6.45) is 6.98. The van der Waals surface area contributed by atoms with Gasteiger partial charge in [-0.2, -0.15) is 0 Å². The van der Waals surface area contributed by atoms with Gasteiger partial charge in [0.05, 0.1) is 12.0 Å². The Hall–Kier alpha value is -2.04. The van der Waals surface area contributed by atoms with E-state index in [0.717, 1.165) is 12.0 Å². The third-order valence-electron chi connectivity index (χ3n) is 6.14. The van der Waals surface area contributed by atoms with E-state index in [-0.39, 0.29) is 36.6 Å². The van der Waals surface area contributed by atoms with E-state index in [2.05, 4.69) is 5.32 Å². The van der Waals surface area contributed by atoms with Gasteiger partial charge in [0.25, 0.3) is 0 Å². The molecule has 3 atom stereocenters. The Morgan fingerprint density at radius 1 is 1.18 bits per heavy atom. The van der Waals surface area contributed by atoms with E-state index in [1.807, 2.05) is 44.2 Å². The molecule has 2 aliphatic rings. The van der Waals surface area contributed by atoms with Crippen LogP contribution < -0.4 is 5.32 Å². The molecular formula is C23H33NO4. The first-order valence-electron chi connectivity index (χ1n) is 10.7. The molecule has 5 nitrogen and oxygen atoms in total. The maximum absolute atomic E-state index is 12.4. The van der Waals surface area contributed by atoms with E-state index in [1.54, 1.807) is 0 Å². The number of hydrogen-bond donors (Lipinski definition) is 1. The number of benzene rings is 1. The molecule has 3 rings (SSSR count). The Labute approximate surface area is 168 Å². The minimum Gasteiger partial charge on any atom is -0.460 e. The van der Waals surface area contributed by atoms with Gasteiger partial charge in [0.2, 0.25) is 0 Å². The van der Waals surface area contributed by atoms with Gasteiger partial charge >= 0.3 is 12.1 Å². The van der Waals surface area contributed by atoms with Crippen LogP contribution in [0.1, 0.15) is 64.4 Å². The topological polar surface area (TPSA) is 64.6 Å². The number of amides is 1. The van der Waals surface area contributed by atoms with Gasteiger partial charge in [-0.25, -0.2) is 4.79 Å². The van der Waals surface area contributed by atoms with Crippen molar-refractivity contribution in [3.8, 4) is 0 Å². The molecule has 0 radical (unpaired) electrons. The molecule has 1 aliphatic heterocycles. The Kier molecular flexibility index (Phi) is 7.35. The lowest BCUT2D eigenvalue weighted by molar-refractivity contribution is -0.146. The number of cyclic esters (lactones) is 1. The van der Waals surface area contributed by atoms with E-state index in [0.29, 0.717) is 12.3 Å². The molecule has 1 heterocycles. The third-order valence-corrected chi connectivity index (χ3v) is 6.14. The van der Waals surface area contributed by atoms with Crippen LogP contribution in [-0.2, 0) is 20.9 Å². The van der Waals surface area contributed by atoms with Crippen molar-refractivity contribution in [2.45, 2.75) is 77.5 Å². The molecule has 2 fully saturated rings. The summed E-state index contributed by atoms with van der Waals surface area (Å²) in [5.74, 6) is 0.608. The van der Waals surface area contributed by atoms with Crippen molar-refractivity contribution in [3.63, 3.8) is 0 Å². The summed E-state index contributed by atoms with van der Waals surface area (Å²) in [6.45, 7) is 4.33. The second-order valence-corrected chi connectivity index (χ2v) is 8.61. The number of carbonyl (C=O) groups excluding carboxylic acids is 2. The molecule has 1 amide bonds. The van der Waals surface area contributed by atoms with E-state index in [9.17, 15) is 9.59 Å². The largest absolute Gasteiger partial charge is 0.460 e. The van der Waals surface area contributed by atoms with E-state index in [4.69, 9.17) is 9.47 Å². The van der Waals surface area contributed by atoms with Gasteiger partial charge in [-0.05, 0) is 30.2 Å². The Morgan fingerprint density at radius 3 is 2.54 bits per heavy atom. The molecule has 1 aromatic rings. The highest BCUT2D eigenvalue weighted by Gasteiger charge is 2.41. The first-order chi connectivity index (χ1) is 13.5. The van der Waals surface area contributed by atoms with Crippen LogP contribution in [0.5, 0.6) is 0 Å². The quantitative estimate of drug-likeness (QED) is 0.680. The second-order valence-electron chi connectivity index (χ2n) is 8.61. The molecule has 28 heavy (non-hydrogen) atoms. The fourth-order valence-electron chi connectivity index (χ4n) is 4.42. The molecule has 0 aromatic heterocycles. The van der Waals surface area contributed by atoms with Crippen LogP contribution in [0.25, 0.3) is 0 Å². The smallest absolute Gasteiger partial charge is 0.407 e. The van der Waals surface area contributed by atoms with Crippen LogP contribution in [0, 0.1) is 17.8 Å². The van der Waals surface area contributed by atoms with Crippen molar-refractivity contribution in [1.82, 2.24) is 5.32 Å². The fourth-order valence-corrected chi connectivity index (χ4v) is 4.42. The van der Waals surface area contributed by atoms with Gasteiger partial charge in [0.1, 0.15) is 12.7 Å². The molecule has 1 saturated carbocycles. The monoisotopic (exact) mass is 387 g/mol. The lowest BCUT2D eigenvalue weighted by atomic mass is 9.82. The minimum atomic E-state index is -0.436. The molecule has 1 N–H and O–H groups in total. The van der Waals surface area contributed by atoms with E-state index < -0.39 is 6.09 Å². The van der Waals surface area contributed by atoms with Crippen LogP contribution in [0.15, 0.2) is 30.3 Å². The molecule has 1 aliphatic carbocycles. The van der Waals surface area contributed by atoms with Gasteiger partial charge < -0.3 is 14.8 Å². The summed E-state index contributed by atoms with van der Waals surface area (Å²) < 4.78 is 11.1. The summed E-state index contributed by atoms with van der Waals surface area (Å²) in [4.78, 5) is 24.7. The first-order valence-corrected chi connectivity index (χ1v) is 10.7. The summed E-state index contributed by atoms with van der Waals surface area (Å²) in [6, 6.07) is 9.46. The zero-order valence-electron chi connectivity index (χ0n) is 17.1. The van der Waals surface area contributed by atoms with Crippen molar-refractivity contribution in [2.75, 3.05) is 0 Å². The lowest BCUT2D eigenvalue weighted by Gasteiger charge is -2.29. The highest BCUT2D eigenvalue weighted by atomic mass is 16.6. The number of ether oxygens (including phenoxy) is 2. The van der Waals surface area contributed by atoms with Crippen LogP contribution in [-0.4, -0.2) is 24.2 Å². The molecule has 0 unspecified atom stereocenters. The average Bonchev–Trinajstić information content (AvgIpc) is 3.09. The Balaban J connectivity index is 1.60. The highest BCUT2D eigenvalue weighted by Crippen LogP contribution is 2.34. The summed E-state index contributed by atoms with van der Waals surface area (Å²) in [5, 5.41) is 3.02. The summed E-state index contributed by atoms with van der Waals surface area (Å²) in [5.41, 5.74) is 0.952. The fraction of sp³-hybridized carbons (Fsp3) is 0.652. The zero-order valence-corrected chi connectivity index (χ0v) is 17.1.